The lowest BCUT2D eigenvalue weighted by molar-refractivity contribution is -0.0738. The SMILES string of the molecule is CC1(O)CC(N)(c2ccc(-c3nc4n(c3-c3ccncc3)COc3cccc(F)c3-4)cc2)C1. The number of fused-ring (bicyclic) bond motifs is 3. The number of pyridine rings is 1. The predicted molar refractivity (Wildman–Crippen MR) is 123 cm³/mol. The lowest BCUT2D eigenvalue weighted by atomic mass is 9.63. The van der Waals surface area contributed by atoms with Crippen molar-refractivity contribution in [2.24, 2.45) is 5.73 Å². The molecule has 1 aliphatic heterocycles. The van der Waals surface area contributed by atoms with Crippen molar-refractivity contribution in [3.63, 3.8) is 0 Å². The maximum Gasteiger partial charge on any atom is 0.167 e. The van der Waals surface area contributed by atoms with Gasteiger partial charge < -0.3 is 15.6 Å². The Morgan fingerprint density at radius 1 is 1.03 bits per heavy atom. The summed E-state index contributed by atoms with van der Waals surface area (Å²) in [6.07, 6.45) is 4.49. The molecule has 0 spiro atoms. The summed E-state index contributed by atoms with van der Waals surface area (Å²) in [7, 11) is 0. The molecular formula is C26H23FN4O2. The van der Waals surface area contributed by atoms with Crippen molar-refractivity contribution < 1.29 is 14.2 Å². The molecule has 2 aromatic carbocycles. The molecule has 6 rings (SSSR count). The standard InChI is InChI=1S/C26H23FN4O2/c1-25(32)13-26(28,14-25)18-7-5-16(6-8-18)22-23(17-9-11-29-12-10-17)31-15-33-20-4-2-3-19(27)21(20)24(31)30-22/h2-12,32H,13-15,28H2,1H3. The summed E-state index contributed by atoms with van der Waals surface area (Å²) < 4.78 is 22.6. The zero-order chi connectivity index (χ0) is 22.8. The van der Waals surface area contributed by atoms with Crippen LogP contribution in [0.3, 0.4) is 0 Å². The van der Waals surface area contributed by atoms with Crippen LogP contribution >= 0.6 is 0 Å². The number of nitrogens with two attached hydrogens (primary N) is 1. The first kappa shape index (κ1) is 20.1. The van der Waals surface area contributed by atoms with Crippen LogP contribution < -0.4 is 10.5 Å². The molecule has 2 aromatic heterocycles. The molecule has 0 atom stereocenters. The van der Waals surface area contributed by atoms with Crippen molar-refractivity contribution in [2.75, 3.05) is 0 Å². The summed E-state index contributed by atoms with van der Waals surface area (Å²) in [5.41, 5.74) is 9.97. The maximum absolute atomic E-state index is 14.8. The molecular weight excluding hydrogens is 419 g/mol. The number of nitrogens with zero attached hydrogens (tertiary/aromatic N) is 3. The number of ether oxygens (including phenoxy) is 1. The highest BCUT2D eigenvalue weighted by Gasteiger charge is 2.49. The van der Waals surface area contributed by atoms with Crippen LogP contribution in [0.25, 0.3) is 33.9 Å². The molecule has 1 saturated carbocycles. The summed E-state index contributed by atoms with van der Waals surface area (Å²) in [5.74, 6) is 0.645. The van der Waals surface area contributed by atoms with Crippen LogP contribution in [0.4, 0.5) is 4.39 Å². The second-order valence-electron chi connectivity index (χ2n) is 9.27. The van der Waals surface area contributed by atoms with Gasteiger partial charge >= 0.3 is 0 Å². The van der Waals surface area contributed by atoms with Crippen molar-refractivity contribution in [3.8, 4) is 39.7 Å². The number of rotatable bonds is 3. The zero-order valence-corrected chi connectivity index (χ0v) is 18.1. The van der Waals surface area contributed by atoms with E-state index in [0.717, 1.165) is 28.1 Å². The molecule has 0 saturated heterocycles. The Balaban J connectivity index is 1.50. The van der Waals surface area contributed by atoms with Gasteiger partial charge in [0.2, 0.25) is 0 Å². The Hall–Kier alpha value is -3.55. The van der Waals surface area contributed by atoms with E-state index < -0.39 is 11.1 Å². The predicted octanol–water partition coefficient (Wildman–Crippen LogP) is 4.47. The minimum Gasteiger partial charge on any atom is -0.472 e. The maximum atomic E-state index is 14.8. The van der Waals surface area contributed by atoms with E-state index in [4.69, 9.17) is 15.5 Å². The van der Waals surface area contributed by atoms with E-state index in [1.54, 1.807) is 24.5 Å². The lowest BCUT2D eigenvalue weighted by Gasteiger charge is -2.49. The summed E-state index contributed by atoms with van der Waals surface area (Å²) in [5, 5.41) is 10.2. The van der Waals surface area contributed by atoms with Gasteiger partial charge in [0.1, 0.15) is 11.6 Å². The Kier molecular flexibility index (Phi) is 4.24. The number of aromatic nitrogens is 3. The molecule has 0 radical (unpaired) electrons. The van der Waals surface area contributed by atoms with Crippen LogP contribution in [0, 0.1) is 5.82 Å². The van der Waals surface area contributed by atoms with Crippen LogP contribution in [0.1, 0.15) is 25.3 Å². The first-order chi connectivity index (χ1) is 15.8. The van der Waals surface area contributed by atoms with E-state index in [-0.39, 0.29) is 12.5 Å². The molecule has 1 aliphatic carbocycles. The number of imidazole rings is 1. The van der Waals surface area contributed by atoms with Crippen molar-refractivity contribution in [1.29, 1.82) is 0 Å². The van der Waals surface area contributed by atoms with Crippen molar-refractivity contribution in [3.05, 3.63) is 78.4 Å². The van der Waals surface area contributed by atoms with Crippen molar-refractivity contribution in [1.82, 2.24) is 14.5 Å². The van der Waals surface area contributed by atoms with Gasteiger partial charge in [-0.3, -0.25) is 9.55 Å². The van der Waals surface area contributed by atoms with Gasteiger partial charge in [-0.1, -0.05) is 30.3 Å². The monoisotopic (exact) mass is 442 g/mol. The van der Waals surface area contributed by atoms with E-state index >= 15 is 0 Å². The third-order valence-electron chi connectivity index (χ3n) is 6.60. The van der Waals surface area contributed by atoms with Gasteiger partial charge in [-0.05, 0) is 49.6 Å². The van der Waals surface area contributed by atoms with E-state index in [1.165, 1.54) is 6.07 Å². The number of halogens is 1. The summed E-state index contributed by atoms with van der Waals surface area (Å²) in [6, 6.07) is 16.6. The van der Waals surface area contributed by atoms with Gasteiger partial charge in [-0.2, -0.15) is 0 Å². The fourth-order valence-electron chi connectivity index (χ4n) is 5.22. The molecule has 33 heavy (non-hydrogen) atoms. The fourth-order valence-corrected chi connectivity index (χ4v) is 5.22. The molecule has 6 nitrogen and oxygen atoms in total. The first-order valence-electron chi connectivity index (χ1n) is 10.9. The first-order valence-corrected chi connectivity index (χ1v) is 10.9. The van der Waals surface area contributed by atoms with Crippen LogP contribution in [0.2, 0.25) is 0 Å². The number of benzene rings is 2. The molecule has 3 heterocycles. The smallest absolute Gasteiger partial charge is 0.167 e. The van der Waals surface area contributed by atoms with Gasteiger partial charge in [-0.15, -0.1) is 0 Å². The molecule has 3 N–H and O–H groups in total. The quantitative estimate of drug-likeness (QED) is 0.489. The number of hydrogen-bond acceptors (Lipinski definition) is 5. The van der Waals surface area contributed by atoms with Gasteiger partial charge in [-0.25, -0.2) is 9.37 Å². The third kappa shape index (κ3) is 3.15. The number of aliphatic hydroxyl groups is 1. The Morgan fingerprint density at radius 3 is 2.45 bits per heavy atom. The highest BCUT2D eigenvalue weighted by Crippen LogP contribution is 2.47. The van der Waals surface area contributed by atoms with Crippen LogP contribution in [-0.2, 0) is 12.3 Å². The van der Waals surface area contributed by atoms with E-state index in [9.17, 15) is 9.50 Å². The summed E-state index contributed by atoms with van der Waals surface area (Å²) >= 11 is 0. The highest BCUT2D eigenvalue weighted by atomic mass is 19.1. The molecule has 166 valence electrons. The largest absolute Gasteiger partial charge is 0.472 e. The third-order valence-corrected chi connectivity index (χ3v) is 6.60. The molecule has 0 unspecified atom stereocenters. The fraction of sp³-hybridized carbons (Fsp3) is 0.231. The van der Waals surface area contributed by atoms with E-state index in [1.807, 2.05) is 47.9 Å². The van der Waals surface area contributed by atoms with Crippen LogP contribution in [0.5, 0.6) is 5.75 Å². The molecule has 0 amide bonds. The Morgan fingerprint density at radius 2 is 1.76 bits per heavy atom. The van der Waals surface area contributed by atoms with Gasteiger partial charge in [0, 0.05) is 29.1 Å². The Labute approximate surface area is 190 Å². The van der Waals surface area contributed by atoms with Gasteiger partial charge in [0.15, 0.2) is 12.6 Å². The van der Waals surface area contributed by atoms with Gasteiger partial charge in [0.25, 0.3) is 0 Å². The molecule has 2 aliphatic rings. The van der Waals surface area contributed by atoms with E-state index in [0.29, 0.717) is 30.0 Å². The summed E-state index contributed by atoms with van der Waals surface area (Å²) in [4.78, 5) is 9.03. The van der Waals surface area contributed by atoms with E-state index in [2.05, 4.69) is 4.98 Å². The number of hydrogen-bond donors (Lipinski definition) is 2. The molecule has 7 heteroatoms. The normalized spacial score (nSPS) is 23.3. The highest BCUT2D eigenvalue weighted by molar-refractivity contribution is 5.83. The average molecular weight is 442 g/mol. The summed E-state index contributed by atoms with van der Waals surface area (Å²) in [6.45, 7) is 2.04. The Bertz CT molecular complexity index is 1360. The van der Waals surface area contributed by atoms with Crippen LogP contribution in [0.15, 0.2) is 67.0 Å². The molecule has 0 bridgehead atoms. The van der Waals surface area contributed by atoms with Crippen molar-refractivity contribution >= 4 is 0 Å². The minimum atomic E-state index is -0.720. The van der Waals surface area contributed by atoms with Crippen molar-refractivity contribution in [2.45, 2.75) is 37.6 Å². The second kappa shape index (κ2) is 6.97. The van der Waals surface area contributed by atoms with Crippen LogP contribution in [-0.4, -0.2) is 25.2 Å². The molecule has 4 aromatic rings. The zero-order valence-electron chi connectivity index (χ0n) is 18.1. The lowest BCUT2D eigenvalue weighted by Crippen LogP contribution is -2.58. The van der Waals surface area contributed by atoms with Gasteiger partial charge in [0.05, 0.1) is 22.6 Å². The second-order valence-corrected chi connectivity index (χ2v) is 9.27. The average Bonchev–Trinajstić information content (AvgIpc) is 3.18. The molecule has 1 fully saturated rings. The minimum absolute atomic E-state index is 0.232. The topological polar surface area (TPSA) is 86.2 Å².